The summed E-state index contributed by atoms with van der Waals surface area (Å²) in [6.45, 7) is 4.35. The molecule has 0 N–H and O–H groups in total. The van der Waals surface area contributed by atoms with Crippen molar-refractivity contribution in [1.29, 1.82) is 0 Å². The molecule has 0 unspecified atom stereocenters. The molecule has 33 heavy (non-hydrogen) atoms. The molecule has 4 rings (SSSR count). The Morgan fingerprint density at radius 3 is 2.52 bits per heavy atom. The van der Waals surface area contributed by atoms with Gasteiger partial charge in [-0.25, -0.2) is 0 Å². The molecule has 0 bridgehead atoms. The summed E-state index contributed by atoms with van der Waals surface area (Å²) < 4.78 is 13.2. The van der Waals surface area contributed by atoms with E-state index in [1.807, 2.05) is 44.2 Å². The van der Waals surface area contributed by atoms with Crippen LogP contribution >= 0.6 is 23.4 Å². The van der Waals surface area contributed by atoms with Gasteiger partial charge >= 0.3 is 0 Å². The zero-order valence-electron chi connectivity index (χ0n) is 18.5. The van der Waals surface area contributed by atoms with Gasteiger partial charge in [0.1, 0.15) is 18.1 Å². The maximum absolute atomic E-state index is 12.9. The summed E-state index contributed by atoms with van der Waals surface area (Å²) in [6.07, 6.45) is 1.78. The number of carbonyl (C=O) groups excluding carboxylic acids is 2. The van der Waals surface area contributed by atoms with Crippen molar-refractivity contribution in [3.8, 4) is 17.2 Å². The van der Waals surface area contributed by atoms with Gasteiger partial charge in [0.05, 0.1) is 24.2 Å². The van der Waals surface area contributed by atoms with Crippen LogP contribution in [-0.2, 0) is 4.79 Å². The summed E-state index contributed by atoms with van der Waals surface area (Å²) in [6, 6.07) is 16.7. The fourth-order valence-electron chi connectivity index (χ4n) is 3.74. The molecule has 0 atom stereocenters. The zero-order valence-corrected chi connectivity index (χ0v) is 20.1. The minimum atomic E-state index is -0.313. The Kier molecular flexibility index (Phi) is 6.81. The van der Waals surface area contributed by atoms with E-state index in [1.165, 1.54) is 4.90 Å². The SMILES string of the molecule is COc1ccccc1-n1c(C)cc(/C=C2\SC(=O)N(CCOc3ccc(Cl)cc3)C2=O)c1C. The average molecular weight is 483 g/mol. The second-order valence-electron chi connectivity index (χ2n) is 7.47. The van der Waals surface area contributed by atoms with Crippen molar-refractivity contribution < 1.29 is 19.1 Å². The molecule has 1 aromatic heterocycles. The second kappa shape index (κ2) is 9.77. The van der Waals surface area contributed by atoms with Gasteiger partial charge in [-0.3, -0.25) is 14.5 Å². The summed E-state index contributed by atoms with van der Waals surface area (Å²) in [4.78, 5) is 27.0. The van der Waals surface area contributed by atoms with E-state index in [9.17, 15) is 9.59 Å². The highest BCUT2D eigenvalue weighted by atomic mass is 35.5. The van der Waals surface area contributed by atoms with E-state index >= 15 is 0 Å². The van der Waals surface area contributed by atoms with Crippen LogP contribution in [0.15, 0.2) is 59.5 Å². The number of benzene rings is 2. The van der Waals surface area contributed by atoms with E-state index in [1.54, 1.807) is 37.5 Å². The Hall–Kier alpha value is -3.16. The van der Waals surface area contributed by atoms with Gasteiger partial charge < -0.3 is 14.0 Å². The second-order valence-corrected chi connectivity index (χ2v) is 8.90. The van der Waals surface area contributed by atoms with Crippen LogP contribution in [0.3, 0.4) is 0 Å². The molecule has 3 aromatic rings. The first-order valence-corrected chi connectivity index (χ1v) is 11.5. The molecule has 2 aromatic carbocycles. The summed E-state index contributed by atoms with van der Waals surface area (Å²) in [5.74, 6) is 1.07. The molecule has 0 spiro atoms. The third-order valence-electron chi connectivity index (χ3n) is 5.35. The topological polar surface area (TPSA) is 60.8 Å². The molecular formula is C25H23ClN2O4S. The van der Waals surface area contributed by atoms with Crippen LogP contribution in [0.2, 0.25) is 5.02 Å². The van der Waals surface area contributed by atoms with Gasteiger partial charge in [-0.15, -0.1) is 0 Å². The highest BCUT2D eigenvalue weighted by molar-refractivity contribution is 8.18. The van der Waals surface area contributed by atoms with Crippen LogP contribution in [0.4, 0.5) is 4.79 Å². The molecule has 0 aliphatic carbocycles. The number of ether oxygens (including phenoxy) is 2. The average Bonchev–Trinajstić information content (AvgIpc) is 3.23. The lowest BCUT2D eigenvalue weighted by Crippen LogP contribution is -2.32. The largest absolute Gasteiger partial charge is 0.495 e. The van der Waals surface area contributed by atoms with E-state index in [2.05, 4.69) is 4.57 Å². The summed E-state index contributed by atoms with van der Waals surface area (Å²) >= 11 is 6.82. The lowest BCUT2D eigenvalue weighted by Gasteiger charge is -2.14. The maximum Gasteiger partial charge on any atom is 0.293 e. The molecule has 6 nitrogen and oxygen atoms in total. The van der Waals surface area contributed by atoms with Crippen molar-refractivity contribution in [3.63, 3.8) is 0 Å². The molecule has 8 heteroatoms. The number of halogens is 1. The van der Waals surface area contributed by atoms with Crippen LogP contribution in [0.5, 0.6) is 11.5 Å². The Morgan fingerprint density at radius 2 is 1.79 bits per heavy atom. The number of imide groups is 1. The molecule has 0 radical (unpaired) electrons. The first kappa shape index (κ1) is 23.0. The van der Waals surface area contributed by atoms with Crippen molar-refractivity contribution >= 4 is 40.6 Å². The molecule has 2 heterocycles. The fourth-order valence-corrected chi connectivity index (χ4v) is 4.72. The molecule has 0 saturated carbocycles. The number of aromatic nitrogens is 1. The fraction of sp³-hybridized carbons (Fsp3) is 0.200. The number of methoxy groups -OCH3 is 1. The van der Waals surface area contributed by atoms with Crippen LogP contribution in [0.1, 0.15) is 17.0 Å². The van der Waals surface area contributed by atoms with E-state index in [0.29, 0.717) is 15.7 Å². The standard InChI is InChI=1S/C25H23ClN2O4S/c1-16-14-18(17(2)28(16)21-6-4-5-7-22(21)31-3)15-23-24(29)27(25(30)33-23)12-13-32-20-10-8-19(26)9-11-20/h4-11,14-15H,12-13H2,1-3H3/b23-15-. The van der Waals surface area contributed by atoms with Crippen LogP contribution in [-0.4, -0.2) is 40.9 Å². The van der Waals surface area contributed by atoms with Crippen LogP contribution in [0, 0.1) is 13.8 Å². The number of para-hydroxylation sites is 2. The number of rotatable bonds is 7. The van der Waals surface area contributed by atoms with Gasteiger partial charge in [0.15, 0.2) is 0 Å². The summed E-state index contributed by atoms with van der Waals surface area (Å²) in [5.41, 5.74) is 3.75. The van der Waals surface area contributed by atoms with E-state index in [0.717, 1.165) is 40.2 Å². The molecule has 1 saturated heterocycles. The van der Waals surface area contributed by atoms with Gasteiger partial charge in [0.25, 0.3) is 11.1 Å². The first-order valence-electron chi connectivity index (χ1n) is 10.3. The Labute approximate surface area is 201 Å². The smallest absolute Gasteiger partial charge is 0.293 e. The van der Waals surface area contributed by atoms with Crippen LogP contribution < -0.4 is 9.47 Å². The number of hydrogen-bond donors (Lipinski definition) is 0. The van der Waals surface area contributed by atoms with Gasteiger partial charge in [-0.05, 0) is 79.7 Å². The zero-order chi connectivity index (χ0) is 23.5. The Balaban J connectivity index is 1.51. The monoisotopic (exact) mass is 482 g/mol. The van der Waals surface area contributed by atoms with Crippen molar-refractivity contribution in [1.82, 2.24) is 9.47 Å². The van der Waals surface area contributed by atoms with Crippen molar-refractivity contribution in [2.75, 3.05) is 20.3 Å². The molecular weight excluding hydrogens is 460 g/mol. The van der Waals surface area contributed by atoms with Gasteiger partial charge in [-0.2, -0.15) is 0 Å². The lowest BCUT2D eigenvalue weighted by molar-refractivity contribution is -0.123. The van der Waals surface area contributed by atoms with Crippen LogP contribution in [0.25, 0.3) is 11.8 Å². The predicted octanol–water partition coefficient (Wildman–Crippen LogP) is 5.87. The number of hydrogen-bond acceptors (Lipinski definition) is 5. The van der Waals surface area contributed by atoms with E-state index in [4.69, 9.17) is 21.1 Å². The van der Waals surface area contributed by atoms with Gasteiger partial charge in [0, 0.05) is 16.4 Å². The van der Waals surface area contributed by atoms with Crippen molar-refractivity contribution in [3.05, 3.63) is 81.5 Å². The molecule has 170 valence electrons. The third-order valence-corrected chi connectivity index (χ3v) is 6.51. The normalized spacial score (nSPS) is 14.9. The number of aryl methyl sites for hydroxylation is 1. The minimum absolute atomic E-state index is 0.171. The third kappa shape index (κ3) is 4.79. The number of thioether (sulfide) groups is 1. The first-order chi connectivity index (χ1) is 15.9. The van der Waals surface area contributed by atoms with Gasteiger partial charge in [-0.1, -0.05) is 23.7 Å². The Bertz CT molecular complexity index is 1230. The maximum atomic E-state index is 12.9. The molecule has 1 aliphatic heterocycles. The van der Waals surface area contributed by atoms with E-state index in [-0.39, 0.29) is 24.3 Å². The predicted molar refractivity (Wildman–Crippen MR) is 131 cm³/mol. The highest BCUT2D eigenvalue weighted by Crippen LogP contribution is 2.34. The molecule has 1 fully saturated rings. The van der Waals surface area contributed by atoms with Crippen molar-refractivity contribution in [2.24, 2.45) is 0 Å². The van der Waals surface area contributed by atoms with E-state index < -0.39 is 0 Å². The number of carbonyl (C=O) groups is 2. The Morgan fingerprint density at radius 1 is 1.06 bits per heavy atom. The van der Waals surface area contributed by atoms with Crippen molar-refractivity contribution in [2.45, 2.75) is 13.8 Å². The number of amides is 2. The molecule has 2 amide bonds. The summed E-state index contributed by atoms with van der Waals surface area (Å²) in [5, 5.41) is 0.313. The number of nitrogens with zero attached hydrogens (tertiary/aromatic N) is 2. The quantitative estimate of drug-likeness (QED) is 0.394. The van der Waals surface area contributed by atoms with Gasteiger partial charge in [0.2, 0.25) is 0 Å². The highest BCUT2D eigenvalue weighted by Gasteiger charge is 2.35. The molecule has 1 aliphatic rings. The minimum Gasteiger partial charge on any atom is -0.495 e. The lowest BCUT2D eigenvalue weighted by atomic mass is 10.2. The summed E-state index contributed by atoms with van der Waals surface area (Å²) in [7, 11) is 1.64.